The van der Waals surface area contributed by atoms with Crippen LogP contribution >= 0.6 is 0 Å². The van der Waals surface area contributed by atoms with Gasteiger partial charge in [0.2, 0.25) is 0 Å². The van der Waals surface area contributed by atoms with E-state index in [1.165, 1.54) is 7.11 Å². The first kappa shape index (κ1) is 10.4. The molecule has 0 heterocycles. The third-order valence-corrected chi connectivity index (χ3v) is 1.49. The van der Waals surface area contributed by atoms with Crippen LogP contribution in [0, 0.1) is 0 Å². The maximum atomic E-state index is 11.0. The minimum Gasteiger partial charge on any atom is -0.468 e. The zero-order valence-electron chi connectivity index (χ0n) is 7.55. The number of nitrogens with one attached hydrogen (secondary N) is 1. The topological polar surface area (TPSA) is 41.6 Å². The first-order valence-corrected chi connectivity index (χ1v) is 3.52. The van der Waals surface area contributed by atoms with Gasteiger partial charge in [0.1, 0.15) is 6.04 Å². The third-order valence-electron chi connectivity index (χ3n) is 1.49. The number of methoxy groups -OCH3 is 1. The van der Waals surface area contributed by atoms with E-state index in [1.807, 2.05) is 19.0 Å². The summed E-state index contributed by atoms with van der Waals surface area (Å²) in [5.41, 5.74) is 0. The highest BCUT2D eigenvalue weighted by molar-refractivity contribution is 5.75. The van der Waals surface area contributed by atoms with Gasteiger partial charge < -0.3 is 10.1 Å². The van der Waals surface area contributed by atoms with Gasteiger partial charge in [-0.15, -0.1) is 0 Å². The number of ether oxygens (including phenoxy) is 1. The second-order valence-corrected chi connectivity index (χ2v) is 2.56. The molecule has 0 aromatic rings. The van der Waals surface area contributed by atoms with E-state index in [4.69, 9.17) is 0 Å². The molecule has 1 atom stereocenters. The molecule has 0 aromatic carbocycles. The van der Waals surface area contributed by atoms with Gasteiger partial charge in [-0.2, -0.15) is 0 Å². The molecule has 0 saturated carbocycles. The summed E-state index contributed by atoms with van der Waals surface area (Å²) in [5, 5.41) is 2.92. The summed E-state index contributed by atoms with van der Waals surface area (Å²) in [4.78, 5) is 12.9. The summed E-state index contributed by atoms with van der Waals surface area (Å²) in [6, 6.07) is -0.190. The number of rotatable bonds is 4. The van der Waals surface area contributed by atoms with Crippen molar-refractivity contribution in [1.29, 1.82) is 0 Å². The Morgan fingerprint density at radius 2 is 2.18 bits per heavy atom. The molecule has 4 nitrogen and oxygen atoms in total. The predicted molar refractivity (Wildman–Crippen MR) is 43.4 cm³/mol. The summed E-state index contributed by atoms with van der Waals surface area (Å²) in [6.07, 6.45) is 0. The minimum absolute atomic E-state index is 0.190. The van der Waals surface area contributed by atoms with E-state index < -0.39 is 0 Å². The second kappa shape index (κ2) is 5.09. The van der Waals surface area contributed by atoms with Gasteiger partial charge in [0, 0.05) is 6.54 Å². The number of nitrogens with zero attached hydrogens (tertiary/aromatic N) is 1. The van der Waals surface area contributed by atoms with Crippen LogP contribution in [0.3, 0.4) is 0 Å². The fourth-order valence-corrected chi connectivity index (χ4v) is 0.806. The molecule has 0 aromatic heterocycles. The molecule has 0 fully saturated rings. The lowest BCUT2D eigenvalue weighted by atomic mass is 10.3. The van der Waals surface area contributed by atoms with E-state index in [1.54, 1.807) is 7.05 Å². The highest BCUT2D eigenvalue weighted by Gasteiger charge is 2.19. The minimum atomic E-state index is -0.204. The molecule has 66 valence electrons. The highest BCUT2D eigenvalue weighted by Crippen LogP contribution is 1.93. The Morgan fingerprint density at radius 3 is 2.45 bits per heavy atom. The molecule has 0 radical (unpaired) electrons. The number of carbonyl (C=O) groups is 1. The predicted octanol–water partition coefficient (Wildman–Crippen LogP) is -0.691. The monoisotopic (exact) mass is 160 g/mol. The van der Waals surface area contributed by atoms with Gasteiger partial charge in [-0.1, -0.05) is 0 Å². The molecule has 0 aliphatic rings. The van der Waals surface area contributed by atoms with Gasteiger partial charge >= 0.3 is 5.97 Å². The van der Waals surface area contributed by atoms with Crippen molar-refractivity contribution in [3.05, 3.63) is 0 Å². The molecular weight excluding hydrogens is 144 g/mol. The Labute approximate surface area is 67.5 Å². The van der Waals surface area contributed by atoms with Gasteiger partial charge in [-0.3, -0.25) is 9.69 Å². The number of carbonyl (C=O) groups excluding carboxylic acids is 1. The van der Waals surface area contributed by atoms with Gasteiger partial charge in [-0.25, -0.2) is 0 Å². The summed E-state index contributed by atoms with van der Waals surface area (Å²) < 4.78 is 4.61. The maximum Gasteiger partial charge on any atom is 0.324 e. The van der Waals surface area contributed by atoms with Crippen LogP contribution in [0.1, 0.15) is 0 Å². The maximum absolute atomic E-state index is 11.0. The summed E-state index contributed by atoms with van der Waals surface area (Å²) in [5.74, 6) is -0.204. The average molecular weight is 160 g/mol. The van der Waals surface area contributed by atoms with E-state index in [2.05, 4.69) is 10.1 Å². The lowest BCUT2D eigenvalue weighted by Crippen LogP contribution is -2.43. The molecule has 1 unspecified atom stereocenters. The summed E-state index contributed by atoms with van der Waals surface area (Å²) >= 11 is 0. The molecule has 0 rings (SSSR count). The van der Waals surface area contributed by atoms with E-state index in [0.29, 0.717) is 6.54 Å². The zero-order chi connectivity index (χ0) is 8.85. The Bertz CT molecular complexity index is 126. The van der Waals surface area contributed by atoms with E-state index in [-0.39, 0.29) is 12.0 Å². The van der Waals surface area contributed by atoms with E-state index in [9.17, 15) is 4.79 Å². The molecule has 0 amide bonds. The molecule has 0 aliphatic carbocycles. The summed E-state index contributed by atoms with van der Waals surface area (Å²) in [7, 11) is 6.89. The van der Waals surface area contributed by atoms with Crippen molar-refractivity contribution in [2.75, 3.05) is 34.8 Å². The Balaban J connectivity index is 3.98. The molecule has 0 spiro atoms. The van der Waals surface area contributed by atoms with Gasteiger partial charge in [-0.05, 0) is 21.1 Å². The Hall–Kier alpha value is -0.610. The number of hydrogen-bond donors (Lipinski definition) is 1. The standard InChI is InChI=1S/C7H16N2O2/c1-8-5-6(9(2)3)7(10)11-4/h6,8H,5H2,1-4H3. The van der Waals surface area contributed by atoms with Crippen molar-refractivity contribution in [3.8, 4) is 0 Å². The van der Waals surface area contributed by atoms with Crippen LogP contribution in [0.2, 0.25) is 0 Å². The quantitative estimate of drug-likeness (QED) is 0.553. The highest BCUT2D eigenvalue weighted by atomic mass is 16.5. The first-order valence-electron chi connectivity index (χ1n) is 3.52. The van der Waals surface area contributed by atoms with Crippen LogP contribution in [-0.2, 0) is 9.53 Å². The number of hydrogen-bond acceptors (Lipinski definition) is 4. The van der Waals surface area contributed by atoms with Crippen molar-refractivity contribution < 1.29 is 9.53 Å². The van der Waals surface area contributed by atoms with Gasteiger partial charge in [0.05, 0.1) is 7.11 Å². The molecule has 0 bridgehead atoms. The van der Waals surface area contributed by atoms with Crippen LogP contribution < -0.4 is 5.32 Å². The molecule has 11 heavy (non-hydrogen) atoms. The number of esters is 1. The van der Waals surface area contributed by atoms with Crippen molar-refractivity contribution in [2.45, 2.75) is 6.04 Å². The Kier molecular flexibility index (Phi) is 4.81. The lowest BCUT2D eigenvalue weighted by Gasteiger charge is -2.20. The van der Waals surface area contributed by atoms with Crippen molar-refractivity contribution in [3.63, 3.8) is 0 Å². The smallest absolute Gasteiger partial charge is 0.324 e. The van der Waals surface area contributed by atoms with Crippen LogP contribution in [0.25, 0.3) is 0 Å². The fourth-order valence-electron chi connectivity index (χ4n) is 0.806. The largest absolute Gasteiger partial charge is 0.468 e. The first-order chi connectivity index (χ1) is 5.13. The second-order valence-electron chi connectivity index (χ2n) is 2.56. The van der Waals surface area contributed by atoms with E-state index in [0.717, 1.165) is 0 Å². The van der Waals surface area contributed by atoms with Crippen LogP contribution in [0.4, 0.5) is 0 Å². The SMILES string of the molecule is CNCC(C(=O)OC)N(C)C. The summed E-state index contributed by atoms with van der Waals surface area (Å²) in [6.45, 7) is 0.611. The number of likely N-dealkylation sites (N-methyl/N-ethyl adjacent to an activating group) is 2. The molecule has 1 N–H and O–H groups in total. The molecule has 0 aliphatic heterocycles. The lowest BCUT2D eigenvalue weighted by molar-refractivity contribution is -0.145. The molecule has 4 heteroatoms. The van der Waals surface area contributed by atoms with Crippen molar-refractivity contribution in [1.82, 2.24) is 10.2 Å². The van der Waals surface area contributed by atoms with Crippen LogP contribution in [0.15, 0.2) is 0 Å². The van der Waals surface area contributed by atoms with Crippen LogP contribution in [0.5, 0.6) is 0 Å². The third kappa shape index (κ3) is 3.34. The normalized spacial score (nSPS) is 13.2. The molecular formula is C7H16N2O2. The Morgan fingerprint density at radius 1 is 1.64 bits per heavy atom. The average Bonchev–Trinajstić information content (AvgIpc) is 1.98. The van der Waals surface area contributed by atoms with E-state index >= 15 is 0 Å². The van der Waals surface area contributed by atoms with Crippen molar-refractivity contribution in [2.24, 2.45) is 0 Å². The van der Waals surface area contributed by atoms with Crippen molar-refractivity contribution >= 4 is 5.97 Å². The van der Waals surface area contributed by atoms with Gasteiger partial charge in [0.25, 0.3) is 0 Å². The van der Waals surface area contributed by atoms with Gasteiger partial charge in [0.15, 0.2) is 0 Å². The fraction of sp³-hybridized carbons (Fsp3) is 0.857. The zero-order valence-corrected chi connectivity index (χ0v) is 7.55. The van der Waals surface area contributed by atoms with Crippen LogP contribution in [-0.4, -0.2) is 51.7 Å². The molecule has 0 saturated heterocycles.